The lowest BCUT2D eigenvalue weighted by Crippen LogP contribution is -2.35. The van der Waals surface area contributed by atoms with E-state index >= 15 is 0 Å². The molecule has 18 heavy (non-hydrogen) atoms. The number of hydrogen-bond donors (Lipinski definition) is 2. The Morgan fingerprint density at radius 2 is 2.06 bits per heavy atom. The van der Waals surface area contributed by atoms with Gasteiger partial charge >= 0.3 is 0 Å². The van der Waals surface area contributed by atoms with Crippen molar-refractivity contribution in [2.24, 2.45) is 10.6 Å². The molecule has 0 bridgehead atoms. The van der Waals surface area contributed by atoms with Crippen LogP contribution < -0.4 is 5.14 Å². The minimum Gasteiger partial charge on any atom is -0.431 e. The van der Waals surface area contributed by atoms with Gasteiger partial charge in [0.15, 0.2) is 0 Å². The van der Waals surface area contributed by atoms with Crippen molar-refractivity contribution >= 4 is 19.9 Å². The lowest BCUT2D eigenvalue weighted by molar-refractivity contribution is 0.0554. The first-order chi connectivity index (χ1) is 7.95. The molecule has 1 aliphatic heterocycles. The molecule has 1 aliphatic rings. The maximum atomic E-state index is 11.9. The van der Waals surface area contributed by atoms with Gasteiger partial charge < -0.3 is 9.52 Å². The molecule has 0 aliphatic carbocycles. The molecule has 0 spiro atoms. The van der Waals surface area contributed by atoms with Crippen molar-refractivity contribution in [3.8, 4) is 0 Å². The van der Waals surface area contributed by atoms with Gasteiger partial charge in [0.1, 0.15) is 0 Å². The molecule has 0 aromatic carbocycles. The second-order valence-corrected chi connectivity index (χ2v) is 8.38. The summed E-state index contributed by atoms with van der Waals surface area (Å²) in [5.41, 5.74) is -0.985. The van der Waals surface area contributed by atoms with Crippen LogP contribution in [0.4, 0.5) is 0 Å². The number of primary sulfonamides is 1. The molecule has 1 atom stereocenters. The van der Waals surface area contributed by atoms with Gasteiger partial charge in [-0.3, -0.25) is 0 Å². The van der Waals surface area contributed by atoms with E-state index in [9.17, 15) is 21.9 Å². The third-order valence-corrected chi connectivity index (χ3v) is 5.63. The lowest BCUT2D eigenvalue weighted by atomic mass is 9.85. The predicted octanol–water partition coefficient (Wildman–Crippen LogP) is -0.226. The zero-order valence-corrected chi connectivity index (χ0v) is 11.4. The van der Waals surface area contributed by atoms with Gasteiger partial charge in [-0.2, -0.15) is 0 Å². The van der Waals surface area contributed by atoms with Crippen molar-refractivity contribution in [1.29, 1.82) is 0 Å². The SMILES string of the molecule is CC1(C)CS(=O)(=O)c2oc(S(N)(=O)=O)cc2C1O. The molecule has 0 saturated carbocycles. The van der Waals surface area contributed by atoms with Crippen LogP contribution in [-0.4, -0.2) is 27.7 Å². The van der Waals surface area contributed by atoms with Crippen LogP contribution in [0.2, 0.25) is 0 Å². The van der Waals surface area contributed by atoms with E-state index in [0.717, 1.165) is 6.07 Å². The summed E-state index contributed by atoms with van der Waals surface area (Å²) in [4.78, 5) is 0. The van der Waals surface area contributed by atoms with Crippen LogP contribution in [0.3, 0.4) is 0 Å². The molecule has 1 aromatic rings. The summed E-state index contributed by atoms with van der Waals surface area (Å²) < 4.78 is 50.9. The van der Waals surface area contributed by atoms with E-state index in [2.05, 4.69) is 0 Å². The minimum atomic E-state index is -4.15. The quantitative estimate of drug-likeness (QED) is 0.736. The van der Waals surface area contributed by atoms with Crippen molar-refractivity contribution in [1.82, 2.24) is 0 Å². The maximum absolute atomic E-state index is 11.9. The Morgan fingerprint density at radius 3 is 2.56 bits per heavy atom. The monoisotopic (exact) mass is 295 g/mol. The third-order valence-electron chi connectivity index (χ3n) is 2.86. The van der Waals surface area contributed by atoms with Crippen molar-refractivity contribution in [3.05, 3.63) is 11.6 Å². The Hall–Kier alpha value is -0.900. The van der Waals surface area contributed by atoms with E-state index in [1.165, 1.54) is 0 Å². The zero-order chi connectivity index (χ0) is 13.9. The first-order valence-corrected chi connectivity index (χ1v) is 8.22. The van der Waals surface area contributed by atoms with Gasteiger partial charge in [0, 0.05) is 17.0 Å². The van der Waals surface area contributed by atoms with Crippen LogP contribution in [0.15, 0.2) is 20.7 Å². The summed E-state index contributed by atoms with van der Waals surface area (Å²) in [5.74, 6) is -0.328. The largest absolute Gasteiger partial charge is 0.431 e. The molecule has 0 amide bonds. The van der Waals surface area contributed by atoms with Crippen LogP contribution in [0.25, 0.3) is 0 Å². The second kappa shape index (κ2) is 3.56. The van der Waals surface area contributed by atoms with Crippen LogP contribution in [0.5, 0.6) is 0 Å². The van der Waals surface area contributed by atoms with Crippen molar-refractivity contribution < 1.29 is 26.4 Å². The van der Waals surface area contributed by atoms with Gasteiger partial charge in [0.05, 0.1) is 11.9 Å². The first kappa shape index (κ1) is 13.5. The number of furan rings is 1. The predicted molar refractivity (Wildman–Crippen MR) is 60.9 cm³/mol. The number of hydrogen-bond acceptors (Lipinski definition) is 6. The van der Waals surface area contributed by atoms with Crippen LogP contribution in [-0.2, 0) is 19.9 Å². The van der Waals surface area contributed by atoms with E-state index < -0.39 is 41.6 Å². The summed E-state index contributed by atoms with van der Waals surface area (Å²) >= 11 is 0. The molecule has 9 heteroatoms. The van der Waals surface area contributed by atoms with Gasteiger partial charge in [-0.1, -0.05) is 13.8 Å². The van der Waals surface area contributed by atoms with Gasteiger partial charge in [0.2, 0.25) is 20.0 Å². The highest BCUT2D eigenvalue weighted by atomic mass is 32.2. The lowest BCUT2D eigenvalue weighted by Gasteiger charge is -2.33. The van der Waals surface area contributed by atoms with Crippen molar-refractivity contribution in [3.63, 3.8) is 0 Å². The maximum Gasteiger partial charge on any atom is 0.271 e. The standard InChI is InChI=1S/C9H13NO6S2/c1-9(2)4-17(12,13)8-5(7(9)11)3-6(16-8)18(10,14)15/h3,7,11H,4H2,1-2H3,(H2,10,14,15). The summed E-state index contributed by atoms with van der Waals surface area (Å²) in [6.07, 6.45) is -1.13. The normalized spacial score (nSPS) is 25.7. The van der Waals surface area contributed by atoms with Crippen molar-refractivity contribution in [2.45, 2.75) is 30.1 Å². The van der Waals surface area contributed by atoms with Crippen LogP contribution in [0.1, 0.15) is 25.5 Å². The third kappa shape index (κ3) is 1.96. The molecule has 2 rings (SSSR count). The van der Waals surface area contributed by atoms with Crippen LogP contribution >= 0.6 is 0 Å². The van der Waals surface area contributed by atoms with E-state index in [1.54, 1.807) is 13.8 Å². The number of aliphatic hydroxyl groups is 1. The van der Waals surface area contributed by atoms with E-state index in [4.69, 9.17) is 9.56 Å². The average Bonchev–Trinajstić information content (AvgIpc) is 2.57. The van der Waals surface area contributed by atoms with E-state index in [-0.39, 0.29) is 11.3 Å². The summed E-state index contributed by atoms with van der Waals surface area (Å²) in [6, 6.07) is 0.966. The summed E-state index contributed by atoms with van der Waals surface area (Å²) in [6.45, 7) is 3.14. The fraction of sp³-hybridized carbons (Fsp3) is 0.556. The highest BCUT2D eigenvalue weighted by molar-refractivity contribution is 7.91. The number of rotatable bonds is 1. The number of sulfonamides is 1. The van der Waals surface area contributed by atoms with Gasteiger partial charge in [-0.05, 0) is 0 Å². The molecule has 0 saturated heterocycles. The second-order valence-electron chi connectivity index (χ2n) is 5.00. The number of aliphatic hydroxyl groups excluding tert-OH is 1. The Kier molecular flexibility index (Phi) is 2.68. The number of nitrogens with two attached hydrogens (primary N) is 1. The van der Waals surface area contributed by atoms with E-state index in [0.29, 0.717) is 0 Å². The first-order valence-electron chi connectivity index (χ1n) is 5.02. The Balaban J connectivity index is 2.75. The molecule has 3 N–H and O–H groups in total. The molecule has 1 unspecified atom stereocenters. The van der Waals surface area contributed by atoms with Gasteiger partial charge in [-0.25, -0.2) is 22.0 Å². The fourth-order valence-electron chi connectivity index (χ4n) is 1.99. The molecule has 1 aromatic heterocycles. The van der Waals surface area contributed by atoms with Gasteiger partial charge in [0.25, 0.3) is 10.0 Å². The Morgan fingerprint density at radius 1 is 1.50 bits per heavy atom. The summed E-state index contributed by atoms with van der Waals surface area (Å²) in [7, 11) is -7.92. The number of sulfone groups is 1. The molecule has 0 fully saturated rings. The molecule has 2 heterocycles. The highest BCUT2D eigenvalue weighted by Crippen LogP contribution is 2.45. The number of fused-ring (bicyclic) bond motifs is 1. The molecule has 102 valence electrons. The molecular weight excluding hydrogens is 282 g/mol. The van der Waals surface area contributed by atoms with Gasteiger partial charge in [-0.15, -0.1) is 0 Å². The van der Waals surface area contributed by atoms with Crippen LogP contribution in [0, 0.1) is 5.41 Å². The Labute approximate surface area is 105 Å². The molecular formula is C9H13NO6S2. The Bertz CT molecular complexity index is 697. The minimum absolute atomic E-state index is 0.0599. The average molecular weight is 295 g/mol. The fourth-order valence-corrected chi connectivity index (χ4v) is 4.55. The molecule has 0 radical (unpaired) electrons. The van der Waals surface area contributed by atoms with E-state index in [1.807, 2.05) is 0 Å². The summed E-state index contributed by atoms with van der Waals surface area (Å²) in [5, 5.41) is 13.7. The topological polar surface area (TPSA) is 128 Å². The van der Waals surface area contributed by atoms with Crippen molar-refractivity contribution in [2.75, 3.05) is 5.75 Å². The zero-order valence-electron chi connectivity index (χ0n) is 9.74. The highest BCUT2D eigenvalue weighted by Gasteiger charge is 2.46. The smallest absolute Gasteiger partial charge is 0.271 e. The molecule has 7 nitrogen and oxygen atoms in total.